The molecule has 1 aliphatic rings. The Hall–Kier alpha value is -2.87. The maximum absolute atomic E-state index is 11.3. The number of carboxylic acid groups (broad SMARTS) is 1. The molecule has 0 radical (unpaired) electrons. The van der Waals surface area contributed by atoms with Crippen LogP contribution < -0.4 is 0 Å². The summed E-state index contributed by atoms with van der Waals surface area (Å²) in [6.45, 7) is 0. The van der Waals surface area contributed by atoms with Gasteiger partial charge in [-0.2, -0.15) is 0 Å². The van der Waals surface area contributed by atoms with Gasteiger partial charge in [0.15, 0.2) is 0 Å². The van der Waals surface area contributed by atoms with Crippen LogP contribution in [0.2, 0.25) is 0 Å². The average Bonchev–Trinajstić information content (AvgIpc) is 3.02. The third-order valence-electron chi connectivity index (χ3n) is 5.29. The third-order valence-corrected chi connectivity index (χ3v) is 5.29. The van der Waals surface area contributed by atoms with E-state index in [4.69, 9.17) is 0 Å². The Balaban J connectivity index is 1.99. The first-order chi connectivity index (χ1) is 11.7. The summed E-state index contributed by atoms with van der Waals surface area (Å²) in [4.78, 5) is 11.3. The van der Waals surface area contributed by atoms with E-state index in [0.717, 1.165) is 23.8 Å². The van der Waals surface area contributed by atoms with Crippen LogP contribution in [0.1, 0.15) is 16.7 Å². The van der Waals surface area contributed by atoms with E-state index in [0.29, 0.717) is 0 Å². The fourth-order valence-electron chi connectivity index (χ4n) is 4.27. The molecule has 1 aliphatic carbocycles. The predicted molar refractivity (Wildman–Crippen MR) is 97.7 cm³/mol. The van der Waals surface area contributed by atoms with Gasteiger partial charge >= 0.3 is 5.97 Å². The molecule has 4 aromatic rings. The molecule has 0 saturated carbocycles. The van der Waals surface area contributed by atoms with Gasteiger partial charge in [-0.25, -0.2) is 0 Å². The van der Waals surface area contributed by atoms with Gasteiger partial charge in [0.2, 0.25) is 0 Å². The van der Waals surface area contributed by atoms with Gasteiger partial charge in [0.1, 0.15) is 0 Å². The predicted octanol–water partition coefficient (Wildman–Crippen LogP) is 4.87. The van der Waals surface area contributed by atoms with Crippen molar-refractivity contribution in [3.05, 3.63) is 71.3 Å². The Morgan fingerprint density at radius 1 is 0.875 bits per heavy atom. The molecule has 2 heteroatoms. The Bertz CT molecular complexity index is 1160. The van der Waals surface area contributed by atoms with Crippen molar-refractivity contribution in [2.75, 3.05) is 0 Å². The van der Waals surface area contributed by atoms with Gasteiger partial charge in [-0.15, -0.1) is 0 Å². The molecule has 2 nitrogen and oxygen atoms in total. The second-order valence-corrected chi connectivity index (χ2v) is 6.61. The topological polar surface area (TPSA) is 37.3 Å². The molecule has 1 N–H and O–H groups in total. The largest absolute Gasteiger partial charge is 0.481 e. The lowest BCUT2D eigenvalue weighted by Crippen LogP contribution is -2.01. The van der Waals surface area contributed by atoms with Crippen LogP contribution in [-0.2, 0) is 24.1 Å². The molecule has 0 fully saturated rings. The molecule has 116 valence electrons. The van der Waals surface area contributed by atoms with Crippen molar-refractivity contribution in [1.29, 1.82) is 0 Å². The molecule has 0 atom stereocenters. The van der Waals surface area contributed by atoms with E-state index in [2.05, 4.69) is 48.5 Å². The highest BCUT2D eigenvalue weighted by atomic mass is 16.4. The molecule has 0 bridgehead atoms. The lowest BCUT2D eigenvalue weighted by atomic mass is 9.91. The maximum Gasteiger partial charge on any atom is 0.307 e. The highest BCUT2D eigenvalue weighted by molar-refractivity contribution is 6.15. The second-order valence-electron chi connectivity index (χ2n) is 6.61. The van der Waals surface area contributed by atoms with Crippen LogP contribution in [0.5, 0.6) is 0 Å². The van der Waals surface area contributed by atoms with Crippen LogP contribution in [-0.4, -0.2) is 11.1 Å². The standard InChI is InChI=1S/C22H16O2/c23-21(24)11-15-6-5-14-8-10-18-17-9-7-13-3-1-2-4-16(13)20(17)12-19(15)22(14)18/h1-7,9,12H,8,10-11H2,(H,23,24). The number of rotatable bonds is 2. The zero-order valence-electron chi connectivity index (χ0n) is 13.2. The quantitative estimate of drug-likeness (QED) is 0.423. The van der Waals surface area contributed by atoms with Crippen molar-refractivity contribution >= 4 is 38.3 Å². The maximum atomic E-state index is 11.3. The summed E-state index contributed by atoms with van der Waals surface area (Å²) in [6, 6.07) is 19.2. The van der Waals surface area contributed by atoms with Crippen LogP contribution in [0.4, 0.5) is 0 Å². The number of carbonyl (C=O) groups is 1. The monoisotopic (exact) mass is 312 g/mol. The molecule has 0 aliphatic heterocycles. The van der Waals surface area contributed by atoms with E-state index >= 15 is 0 Å². The summed E-state index contributed by atoms with van der Waals surface area (Å²) in [5.41, 5.74) is 3.65. The number of hydrogen-bond donors (Lipinski definition) is 1. The number of fused-ring (bicyclic) bond motifs is 4. The van der Waals surface area contributed by atoms with Gasteiger partial charge < -0.3 is 5.11 Å². The van der Waals surface area contributed by atoms with Gasteiger partial charge in [-0.3, -0.25) is 4.79 Å². The third kappa shape index (κ3) is 1.80. The smallest absolute Gasteiger partial charge is 0.307 e. The molecule has 5 rings (SSSR count). The summed E-state index contributed by atoms with van der Waals surface area (Å²) in [6.07, 6.45) is 2.16. The fraction of sp³-hybridized carbons (Fsp3) is 0.136. The summed E-state index contributed by atoms with van der Waals surface area (Å²) in [5.74, 6) is -0.775. The Labute approximate surface area is 139 Å². The van der Waals surface area contributed by atoms with E-state index in [9.17, 15) is 9.90 Å². The lowest BCUT2D eigenvalue weighted by molar-refractivity contribution is -0.136. The molecule has 4 aromatic carbocycles. The van der Waals surface area contributed by atoms with Gasteiger partial charge in [0, 0.05) is 0 Å². The minimum absolute atomic E-state index is 0.0759. The molecule has 0 unspecified atom stereocenters. The first kappa shape index (κ1) is 13.6. The van der Waals surface area contributed by atoms with Crippen LogP contribution in [0, 0.1) is 0 Å². The molecule has 0 spiro atoms. The minimum atomic E-state index is -0.775. The van der Waals surface area contributed by atoms with Crippen molar-refractivity contribution in [3.63, 3.8) is 0 Å². The van der Waals surface area contributed by atoms with Crippen molar-refractivity contribution in [2.45, 2.75) is 19.3 Å². The molecular formula is C22H16O2. The highest BCUT2D eigenvalue weighted by Crippen LogP contribution is 2.40. The van der Waals surface area contributed by atoms with E-state index in [1.54, 1.807) is 0 Å². The number of aryl methyl sites for hydroxylation is 2. The van der Waals surface area contributed by atoms with Crippen LogP contribution in [0.15, 0.2) is 54.6 Å². The SMILES string of the molecule is O=C(O)Cc1ccc2c3c(c4ccc5ccccc5c4cc13)CC2. The molecule has 0 amide bonds. The Morgan fingerprint density at radius 3 is 2.62 bits per heavy atom. The zero-order chi connectivity index (χ0) is 16.3. The number of carboxylic acids is 1. The molecular weight excluding hydrogens is 296 g/mol. The van der Waals surface area contributed by atoms with Crippen molar-refractivity contribution in [1.82, 2.24) is 0 Å². The Morgan fingerprint density at radius 2 is 1.75 bits per heavy atom. The summed E-state index contributed by atoms with van der Waals surface area (Å²) in [5, 5.41) is 16.7. The summed E-state index contributed by atoms with van der Waals surface area (Å²) in [7, 11) is 0. The van der Waals surface area contributed by atoms with E-state index in [-0.39, 0.29) is 6.42 Å². The number of aliphatic carboxylic acids is 1. The molecule has 0 saturated heterocycles. The first-order valence-corrected chi connectivity index (χ1v) is 8.32. The van der Waals surface area contributed by atoms with E-state index < -0.39 is 5.97 Å². The normalized spacial score (nSPS) is 13.2. The summed E-state index contributed by atoms with van der Waals surface area (Å²) < 4.78 is 0. The molecule has 0 aromatic heterocycles. The minimum Gasteiger partial charge on any atom is -0.481 e. The van der Waals surface area contributed by atoms with Crippen LogP contribution in [0.3, 0.4) is 0 Å². The van der Waals surface area contributed by atoms with Gasteiger partial charge in [0.05, 0.1) is 6.42 Å². The van der Waals surface area contributed by atoms with E-state index in [1.165, 1.54) is 38.1 Å². The van der Waals surface area contributed by atoms with Crippen LogP contribution >= 0.6 is 0 Å². The van der Waals surface area contributed by atoms with Crippen molar-refractivity contribution in [2.24, 2.45) is 0 Å². The summed E-state index contributed by atoms with van der Waals surface area (Å²) >= 11 is 0. The molecule has 24 heavy (non-hydrogen) atoms. The first-order valence-electron chi connectivity index (χ1n) is 8.32. The second kappa shape index (κ2) is 4.81. The number of benzene rings is 4. The van der Waals surface area contributed by atoms with E-state index in [1.807, 2.05) is 6.07 Å². The lowest BCUT2D eigenvalue weighted by Gasteiger charge is -2.12. The van der Waals surface area contributed by atoms with Gasteiger partial charge in [-0.05, 0) is 67.9 Å². The van der Waals surface area contributed by atoms with Crippen LogP contribution in [0.25, 0.3) is 32.3 Å². The Kier molecular flexibility index (Phi) is 2.72. The molecule has 0 heterocycles. The average molecular weight is 312 g/mol. The number of hydrogen-bond acceptors (Lipinski definition) is 1. The zero-order valence-corrected chi connectivity index (χ0v) is 13.2. The fourth-order valence-corrected chi connectivity index (χ4v) is 4.27. The van der Waals surface area contributed by atoms with Crippen molar-refractivity contribution < 1.29 is 9.90 Å². The van der Waals surface area contributed by atoms with Gasteiger partial charge in [0.25, 0.3) is 0 Å². The highest BCUT2D eigenvalue weighted by Gasteiger charge is 2.20. The van der Waals surface area contributed by atoms with Crippen molar-refractivity contribution in [3.8, 4) is 0 Å². The van der Waals surface area contributed by atoms with Gasteiger partial charge in [-0.1, -0.05) is 48.5 Å².